The fraction of sp³-hybridized carbons (Fsp3) is 0.438. The zero-order valence-corrected chi connectivity index (χ0v) is 13.9. The summed E-state index contributed by atoms with van der Waals surface area (Å²) in [6, 6.07) is 5.54. The summed E-state index contributed by atoms with van der Waals surface area (Å²) in [7, 11) is 0. The molecule has 122 valence electrons. The van der Waals surface area contributed by atoms with Crippen LogP contribution in [-0.4, -0.2) is 40.8 Å². The smallest absolute Gasteiger partial charge is 0.248 e. The van der Waals surface area contributed by atoms with E-state index in [0.29, 0.717) is 18.1 Å². The lowest BCUT2D eigenvalue weighted by atomic mass is 10.0. The zero-order chi connectivity index (χ0) is 16.4. The second-order valence-corrected chi connectivity index (χ2v) is 6.81. The lowest BCUT2D eigenvalue weighted by Crippen LogP contribution is -2.51. The Balaban J connectivity index is 1.77. The minimum absolute atomic E-state index is 0.0653. The molecule has 1 fully saturated rings. The highest BCUT2D eigenvalue weighted by atomic mass is 32.1. The van der Waals surface area contributed by atoms with Crippen LogP contribution >= 0.6 is 11.3 Å². The Hall–Kier alpha value is -1.99. The average molecular weight is 332 g/mol. The molecule has 1 aliphatic heterocycles. The number of aryl methyl sites for hydroxylation is 1. The van der Waals surface area contributed by atoms with Crippen molar-refractivity contribution in [2.75, 3.05) is 18.4 Å². The van der Waals surface area contributed by atoms with E-state index < -0.39 is 6.04 Å². The molecule has 1 aliphatic rings. The van der Waals surface area contributed by atoms with Gasteiger partial charge in [-0.25, -0.2) is 4.98 Å². The number of thiazole rings is 1. The first-order valence-electron chi connectivity index (χ1n) is 7.76. The van der Waals surface area contributed by atoms with E-state index in [9.17, 15) is 9.59 Å². The van der Waals surface area contributed by atoms with Crippen molar-refractivity contribution in [1.82, 2.24) is 9.88 Å². The average Bonchev–Trinajstić information content (AvgIpc) is 2.95. The predicted molar refractivity (Wildman–Crippen MR) is 91.4 cm³/mol. The van der Waals surface area contributed by atoms with Crippen molar-refractivity contribution in [2.24, 2.45) is 5.73 Å². The van der Waals surface area contributed by atoms with Crippen molar-refractivity contribution in [3.8, 4) is 0 Å². The van der Waals surface area contributed by atoms with Crippen LogP contribution in [0.4, 0.5) is 5.13 Å². The number of likely N-dealkylation sites (tertiary alicyclic amines) is 1. The summed E-state index contributed by atoms with van der Waals surface area (Å²) in [5.41, 5.74) is 7.48. The Morgan fingerprint density at radius 3 is 3.04 bits per heavy atom. The number of aromatic nitrogens is 1. The van der Waals surface area contributed by atoms with Gasteiger partial charge >= 0.3 is 0 Å². The standard InChI is InChI=1S/C16H20N4O2S/c1-10-5-6-11-13(8-10)23-16(18-11)19-15(22)12-4-2-3-7-20(12)14(21)9-17/h5-6,8,12H,2-4,7,9,17H2,1H3,(H,18,19,22)/t12-/m0/s1. The van der Waals surface area contributed by atoms with Gasteiger partial charge in [0.15, 0.2) is 5.13 Å². The summed E-state index contributed by atoms with van der Waals surface area (Å²) >= 11 is 1.45. The molecule has 3 rings (SSSR count). The number of nitrogens with two attached hydrogens (primary N) is 1. The summed E-state index contributed by atoms with van der Waals surface area (Å²) in [5, 5.41) is 3.43. The van der Waals surface area contributed by atoms with Crippen LogP contribution in [0.1, 0.15) is 24.8 Å². The first-order chi connectivity index (χ1) is 11.1. The van der Waals surface area contributed by atoms with Crippen molar-refractivity contribution in [3.63, 3.8) is 0 Å². The molecule has 6 nitrogen and oxygen atoms in total. The van der Waals surface area contributed by atoms with Gasteiger partial charge in [-0.2, -0.15) is 0 Å². The van der Waals surface area contributed by atoms with Crippen LogP contribution in [0.5, 0.6) is 0 Å². The molecule has 1 aromatic heterocycles. The maximum Gasteiger partial charge on any atom is 0.248 e. The van der Waals surface area contributed by atoms with Crippen molar-refractivity contribution < 1.29 is 9.59 Å². The molecule has 2 amide bonds. The molecule has 1 aromatic carbocycles. The summed E-state index contributed by atoms with van der Waals surface area (Å²) < 4.78 is 1.04. The van der Waals surface area contributed by atoms with Gasteiger partial charge in [-0.3, -0.25) is 9.59 Å². The van der Waals surface area contributed by atoms with Crippen LogP contribution in [0.25, 0.3) is 10.2 Å². The predicted octanol–water partition coefficient (Wildman–Crippen LogP) is 1.88. The normalized spacial score (nSPS) is 18.2. The number of carbonyl (C=O) groups excluding carboxylic acids is 2. The molecule has 7 heteroatoms. The molecule has 1 atom stereocenters. The Bertz CT molecular complexity index is 743. The molecule has 0 saturated carbocycles. The Morgan fingerprint density at radius 1 is 1.43 bits per heavy atom. The summed E-state index contributed by atoms with van der Waals surface area (Å²) in [6.07, 6.45) is 2.52. The van der Waals surface area contributed by atoms with Gasteiger partial charge in [-0.15, -0.1) is 0 Å². The van der Waals surface area contributed by atoms with Gasteiger partial charge in [0.2, 0.25) is 11.8 Å². The van der Waals surface area contributed by atoms with Gasteiger partial charge in [0, 0.05) is 6.54 Å². The van der Waals surface area contributed by atoms with Gasteiger partial charge in [0.05, 0.1) is 16.8 Å². The number of anilines is 1. The lowest BCUT2D eigenvalue weighted by molar-refractivity contribution is -0.139. The highest BCUT2D eigenvalue weighted by Gasteiger charge is 2.31. The fourth-order valence-electron chi connectivity index (χ4n) is 2.89. The molecule has 3 N–H and O–H groups in total. The summed E-state index contributed by atoms with van der Waals surface area (Å²) in [4.78, 5) is 30.5. The number of piperidine rings is 1. The van der Waals surface area contributed by atoms with E-state index in [1.54, 1.807) is 4.90 Å². The maximum atomic E-state index is 12.6. The number of benzene rings is 1. The van der Waals surface area contributed by atoms with E-state index in [1.807, 2.05) is 25.1 Å². The molecule has 0 aliphatic carbocycles. The Kier molecular flexibility index (Phi) is 4.58. The van der Waals surface area contributed by atoms with E-state index in [4.69, 9.17) is 5.73 Å². The molecule has 2 heterocycles. The van der Waals surface area contributed by atoms with Crippen molar-refractivity contribution in [3.05, 3.63) is 23.8 Å². The molecule has 1 saturated heterocycles. The van der Waals surface area contributed by atoms with E-state index in [-0.39, 0.29) is 18.4 Å². The second-order valence-electron chi connectivity index (χ2n) is 5.78. The van der Waals surface area contributed by atoms with E-state index in [1.165, 1.54) is 11.3 Å². The van der Waals surface area contributed by atoms with Crippen molar-refractivity contribution >= 4 is 38.5 Å². The molecular weight excluding hydrogens is 312 g/mol. The van der Waals surface area contributed by atoms with Crippen molar-refractivity contribution in [1.29, 1.82) is 0 Å². The monoisotopic (exact) mass is 332 g/mol. The Morgan fingerprint density at radius 2 is 2.26 bits per heavy atom. The lowest BCUT2D eigenvalue weighted by Gasteiger charge is -2.34. The third-order valence-electron chi connectivity index (χ3n) is 4.07. The molecule has 0 bridgehead atoms. The number of amides is 2. The number of nitrogens with one attached hydrogen (secondary N) is 1. The first-order valence-corrected chi connectivity index (χ1v) is 8.57. The van der Waals surface area contributed by atoms with Crippen LogP contribution in [0.2, 0.25) is 0 Å². The van der Waals surface area contributed by atoms with Gasteiger partial charge in [0.1, 0.15) is 6.04 Å². The zero-order valence-electron chi connectivity index (χ0n) is 13.0. The molecule has 0 radical (unpaired) electrons. The topological polar surface area (TPSA) is 88.3 Å². The molecule has 2 aromatic rings. The van der Waals surface area contributed by atoms with Crippen LogP contribution in [0, 0.1) is 6.92 Å². The highest BCUT2D eigenvalue weighted by Crippen LogP contribution is 2.27. The molecule has 23 heavy (non-hydrogen) atoms. The van der Waals surface area contributed by atoms with Crippen LogP contribution in [0.3, 0.4) is 0 Å². The number of fused-ring (bicyclic) bond motifs is 1. The number of rotatable bonds is 3. The minimum Gasteiger partial charge on any atom is -0.330 e. The largest absolute Gasteiger partial charge is 0.330 e. The third kappa shape index (κ3) is 3.35. The Labute approximate surface area is 138 Å². The third-order valence-corrected chi connectivity index (χ3v) is 5.01. The summed E-state index contributed by atoms with van der Waals surface area (Å²) in [6.45, 7) is 2.55. The molecule has 0 unspecified atom stereocenters. The van der Waals surface area contributed by atoms with Crippen LogP contribution < -0.4 is 11.1 Å². The van der Waals surface area contributed by atoms with E-state index >= 15 is 0 Å². The molecule has 0 spiro atoms. The number of hydrogen-bond donors (Lipinski definition) is 2. The SMILES string of the molecule is Cc1ccc2nc(NC(=O)[C@@H]3CCCCN3C(=O)CN)sc2c1. The summed E-state index contributed by atoms with van der Waals surface area (Å²) in [5.74, 6) is -0.355. The second kappa shape index (κ2) is 6.64. The quantitative estimate of drug-likeness (QED) is 0.898. The van der Waals surface area contributed by atoms with Gasteiger partial charge in [-0.05, 0) is 43.9 Å². The van der Waals surface area contributed by atoms with E-state index in [0.717, 1.165) is 28.6 Å². The van der Waals surface area contributed by atoms with Crippen LogP contribution in [0.15, 0.2) is 18.2 Å². The van der Waals surface area contributed by atoms with Gasteiger partial charge in [0.25, 0.3) is 0 Å². The maximum absolute atomic E-state index is 12.6. The van der Waals surface area contributed by atoms with Gasteiger partial charge in [-0.1, -0.05) is 17.4 Å². The van der Waals surface area contributed by atoms with Crippen LogP contribution in [-0.2, 0) is 9.59 Å². The van der Waals surface area contributed by atoms with E-state index in [2.05, 4.69) is 10.3 Å². The fourth-order valence-corrected chi connectivity index (χ4v) is 3.86. The van der Waals surface area contributed by atoms with Gasteiger partial charge < -0.3 is 16.0 Å². The number of carbonyl (C=O) groups is 2. The first kappa shape index (κ1) is 15.9. The number of hydrogen-bond acceptors (Lipinski definition) is 5. The molecular formula is C16H20N4O2S. The van der Waals surface area contributed by atoms with Crippen molar-refractivity contribution in [2.45, 2.75) is 32.2 Å². The highest BCUT2D eigenvalue weighted by molar-refractivity contribution is 7.22. The number of nitrogens with zero attached hydrogens (tertiary/aromatic N) is 2. The minimum atomic E-state index is -0.450.